The predicted molar refractivity (Wildman–Crippen MR) is 77.8 cm³/mol. The van der Waals surface area contributed by atoms with Gasteiger partial charge >= 0.3 is 0 Å². The largest absolute Gasteiger partial charge is 0.381 e. The quantitative estimate of drug-likeness (QED) is 0.869. The highest BCUT2D eigenvalue weighted by Crippen LogP contribution is 2.17. The Labute approximate surface area is 116 Å². The maximum atomic E-state index is 12.0. The second kappa shape index (κ2) is 5.84. The minimum atomic E-state index is -0.341. The number of nitrogens with one attached hydrogen (secondary N) is 1. The minimum absolute atomic E-state index is 0.122. The molecule has 1 aromatic heterocycles. The van der Waals surface area contributed by atoms with Crippen molar-refractivity contribution in [1.29, 1.82) is 0 Å². The Bertz CT molecular complexity index is 462. The molecule has 0 aliphatic rings. The molecule has 0 fully saturated rings. The highest BCUT2D eigenvalue weighted by Gasteiger charge is 2.13. The van der Waals surface area contributed by atoms with Gasteiger partial charge in [0.15, 0.2) is 0 Å². The maximum absolute atomic E-state index is 12.0. The third-order valence-corrected chi connectivity index (χ3v) is 3.02. The molecule has 0 spiro atoms. The van der Waals surface area contributed by atoms with Crippen molar-refractivity contribution in [2.24, 2.45) is 11.7 Å². The fourth-order valence-electron chi connectivity index (χ4n) is 1.39. The first-order valence-corrected chi connectivity index (χ1v) is 6.78. The number of rotatable bonds is 5. The topological polar surface area (TPSA) is 72.9 Å². The average Bonchev–Trinajstić information content (AvgIpc) is 2.22. The molecule has 5 nitrogen and oxygen atoms in total. The lowest BCUT2D eigenvalue weighted by molar-refractivity contribution is 0.462. The molecule has 18 heavy (non-hydrogen) atoms. The summed E-state index contributed by atoms with van der Waals surface area (Å²) in [6.07, 6.45) is 1.65. The van der Waals surface area contributed by atoms with E-state index in [9.17, 15) is 4.79 Å². The first-order valence-electron chi connectivity index (χ1n) is 5.99. The molecule has 0 amide bonds. The summed E-state index contributed by atoms with van der Waals surface area (Å²) in [5.41, 5.74) is 6.10. The Kier molecular flexibility index (Phi) is 4.92. The predicted octanol–water partition coefficient (Wildman–Crippen LogP) is 1.81. The molecule has 1 aromatic rings. The van der Waals surface area contributed by atoms with Crippen LogP contribution in [0.4, 0.5) is 5.69 Å². The first kappa shape index (κ1) is 15.2. The molecule has 0 radical (unpaired) electrons. The number of hydrogen-bond acceptors (Lipinski definition) is 4. The van der Waals surface area contributed by atoms with Crippen LogP contribution in [0.3, 0.4) is 0 Å². The SMILES string of the molecule is CC(C)Cn1ncc(NCC(C)(C)N)c(Br)c1=O. The molecule has 1 heterocycles. The molecule has 0 saturated carbocycles. The second-order valence-corrected chi connectivity index (χ2v) is 6.39. The highest BCUT2D eigenvalue weighted by atomic mass is 79.9. The first-order chi connectivity index (χ1) is 8.20. The third-order valence-electron chi connectivity index (χ3n) is 2.26. The minimum Gasteiger partial charge on any atom is -0.381 e. The van der Waals surface area contributed by atoms with Gasteiger partial charge in [-0.2, -0.15) is 5.10 Å². The number of halogens is 1. The van der Waals surface area contributed by atoms with Gasteiger partial charge in [0.1, 0.15) is 4.47 Å². The van der Waals surface area contributed by atoms with Crippen LogP contribution in [0.1, 0.15) is 27.7 Å². The van der Waals surface area contributed by atoms with Crippen molar-refractivity contribution < 1.29 is 0 Å². The van der Waals surface area contributed by atoms with E-state index in [-0.39, 0.29) is 11.1 Å². The summed E-state index contributed by atoms with van der Waals surface area (Å²) in [7, 11) is 0. The van der Waals surface area contributed by atoms with E-state index in [0.29, 0.717) is 29.2 Å². The summed E-state index contributed by atoms with van der Waals surface area (Å²) in [6, 6.07) is 0. The molecule has 0 unspecified atom stereocenters. The summed E-state index contributed by atoms with van der Waals surface area (Å²) in [5, 5.41) is 7.28. The molecule has 3 N–H and O–H groups in total. The van der Waals surface area contributed by atoms with Gasteiger partial charge in [0.2, 0.25) is 0 Å². The zero-order valence-corrected chi connectivity index (χ0v) is 12.9. The average molecular weight is 317 g/mol. The number of nitrogens with two attached hydrogens (primary N) is 1. The lowest BCUT2D eigenvalue weighted by Gasteiger charge is -2.20. The maximum Gasteiger partial charge on any atom is 0.283 e. The van der Waals surface area contributed by atoms with Crippen LogP contribution >= 0.6 is 15.9 Å². The van der Waals surface area contributed by atoms with Gasteiger partial charge in [-0.05, 0) is 35.7 Å². The highest BCUT2D eigenvalue weighted by molar-refractivity contribution is 9.10. The Balaban J connectivity index is 2.91. The molecule has 6 heteroatoms. The number of aromatic nitrogens is 2. The molecule has 1 rings (SSSR count). The molecule has 0 saturated heterocycles. The Hall–Kier alpha value is -0.880. The van der Waals surface area contributed by atoms with Crippen molar-refractivity contribution in [2.45, 2.75) is 39.8 Å². The van der Waals surface area contributed by atoms with Gasteiger partial charge in [-0.15, -0.1) is 0 Å². The van der Waals surface area contributed by atoms with E-state index in [0.717, 1.165) is 0 Å². The summed E-state index contributed by atoms with van der Waals surface area (Å²) < 4.78 is 1.97. The van der Waals surface area contributed by atoms with E-state index in [4.69, 9.17) is 5.73 Å². The standard InChI is InChI=1S/C12H21BrN4O/c1-8(2)6-17-11(18)10(13)9(5-16-17)15-7-12(3,4)14/h5,8,15H,6-7,14H2,1-4H3. The second-order valence-electron chi connectivity index (χ2n) is 5.60. The van der Waals surface area contributed by atoms with Gasteiger partial charge in [0.25, 0.3) is 5.56 Å². The Morgan fingerprint density at radius 2 is 2.17 bits per heavy atom. The molecule has 102 valence electrons. The molecule has 0 aliphatic heterocycles. The smallest absolute Gasteiger partial charge is 0.283 e. The molecule has 0 aromatic carbocycles. The van der Waals surface area contributed by atoms with E-state index in [1.54, 1.807) is 6.20 Å². The van der Waals surface area contributed by atoms with Crippen molar-refractivity contribution in [3.63, 3.8) is 0 Å². The van der Waals surface area contributed by atoms with Gasteiger partial charge in [-0.1, -0.05) is 13.8 Å². The molecule has 0 bridgehead atoms. The zero-order chi connectivity index (χ0) is 13.9. The summed E-state index contributed by atoms with van der Waals surface area (Å²) in [6.45, 7) is 9.11. The normalized spacial score (nSPS) is 11.9. The van der Waals surface area contributed by atoms with E-state index >= 15 is 0 Å². The van der Waals surface area contributed by atoms with Gasteiger partial charge in [0.05, 0.1) is 11.9 Å². The van der Waals surface area contributed by atoms with Crippen LogP contribution in [0.2, 0.25) is 0 Å². The van der Waals surface area contributed by atoms with Crippen LogP contribution in [-0.2, 0) is 6.54 Å². The molecule has 0 aliphatic carbocycles. The van der Waals surface area contributed by atoms with Crippen LogP contribution in [-0.4, -0.2) is 21.9 Å². The van der Waals surface area contributed by atoms with Crippen molar-refractivity contribution in [3.8, 4) is 0 Å². The van der Waals surface area contributed by atoms with Crippen LogP contribution in [0.15, 0.2) is 15.5 Å². The molecular weight excluding hydrogens is 296 g/mol. The zero-order valence-electron chi connectivity index (χ0n) is 11.3. The van der Waals surface area contributed by atoms with Crippen LogP contribution in [0.5, 0.6) is 0 Å². The Morgan fingerprint density at radius 3 is 2.67 bits per heavy atom. The monoisotopic (exact) mass is 316 g/mol. The van der Waals surface area contributed by atoms with E-state index in [1.165, 1.54) is 4.68 Å². The Morgan fingerprint density at radius 1 is 1.56 bits per heavy atom. The van der Waals surface area contributed by atoms with E-state index in [2.05, 4.69) is 26.3 Å². The summed E-state index contributed by atoms with van der Waals surface area (Å²) >= 11 is 3.31. The lowest BCUT2D eigenvalue weighted by atomic mass is 10.1. The van der Waals surface area contributed by atoms with Gasteiger partial charge in [0, 0.05) is 18.6 Å². The fourth-order valence-corrected chi connectivity index (χ4v) is 1.83. The lowest BCUT2D eigenvalue weighted by Crippen LogP contribution is -2.40. The van der Waals surface area contributed by atoms with Crippen molar-refractivity contribution in [1.82, 2.24) is 9.78 Å². The van der Waals surface area contributed by atoms with Crippen LogP contribution in [0.25, 0.3) is 0 Å². The van der Waals surface area contributed by atoms with Gasteiger partial charge in [-0.3, -0.25) is 4.79 Å². The fraction of sp³-hybridized carbons (Fsp3) is 0.667. The molecular formula is C12H21BrN4O. The van der Waals surface area contributed by atoms with Crippen molar-refractivity contribution in [2.75, 3.05) is 11.9 Å². The van der Waals surface area contributed by atoms with Crippen LogP contribution < -0.4 is 16.6 Å². The van der Waals surface area contributed by atoms with Crippen molar-refractivity contribution >= 4 is 21.6 Å². The van der Waals surface area contributed by atoms with E-state index in [1.807, 2.05) is 27.7 Å². The number of nitrogens with zero attached hydrogens (tertiary/aromatic N) is 2. The number of hydrogen-bond donors (Lipinski definition) is 2. The summed E-state index contributed by atoms with van der Waals surface area (Å²) in [4.78, 5) is 12.0. The van der Waals surface area contributed by atoms with Gasteiger partial charge < -0.3 is 11.1 Å². The summed E-state index contributed by atoms with van der Waals surface area (Å²) in [5.74, 6) is 0.379. The molecule has 0 atom stereocenters. The third kappa shape index (κ3) is 4.42. The van der Waals surface area contributed by atoms with Crippen LogP contribution in [0, 0.1) is 5.92 Å². The van der Waals surface area contributed by atoms with Gasteiger partial charge in [-0.25, -0.2) is 4.68 Å². The van der Waals surface area contributed by atoms with Crippen molar-refractivity contribution in [3.05, 3.63) is 21.0 Å². The number of anilines is 1. The van der Waals surface area contributed by atoms with E-state index < -0.39 is 0 Å².